The van der Waals surface area contributed by atoms with E-state index in [-0.39, 0.29) is 17.9 Å². The Balaban J connectivity index is 1.51. The van der Waals surface area contributed by atoms with E-state index in [1.54, 1.807) is 17.7 Å². The third-order valence-corrected chi connectivity index (χ3v) is 6.89. The Morgan fingerprint density at radius 2 is 1.93 bits per heavy atom. The first-order valence-corrected chi connectivity index (χ1v) is 11.3. The molecule has 0 radical (unpaired) electrons. The molecule has 2 amide bonds. The largest absolute Gasteiger partial charge is 0.353 e. The van der Waals surface area contributed by atoms with Gasteiger partial charge in [0.25, 0.3) is 0 Å². The number of aromatic nitrogens is 2. The summed E-state index contributed by atoms with van der Waals surface area (Å²) in [4.78, 5) is 39.5. The van der Waals surface area contributed by atoms with Crippen molar-refractivity contribution < 1.29 is 9.59 Å². The van der Waals surface area contributed by atoms with Crippen LogP contribution in [0.3, 0.4) is 0 Å². The Kier molecular flexibility index (Phi) is 6.90. The molecule has 28 heavy (non-hydrogen) atoms. The molecule has 0 saturated carbocycles. The average Bonchev–Trinajstić information content (AvgIpc) is 2.94. The van der Waals surface area contributed by atoms with E-state index in [9.17, 15) is 9.59 Å². The first-order chi connectivity index (χ1) is 13.3. The molecule has 0 aromatic carbocycles. The van der Waals surface area contributed by atoms with Gasteiger partial charge in [-0.1, -0.05) is 11.8 Å². The van der Waals surface area contributed by atoms with E-state index < -0.39 is 0 Å². The SMILES string of the molecule is Cc1sc2ncnc(SCC(=O)N3CCN(CC(=O)NC(C)C)CC3)c2c1C. The van der Waals surface area contributed by atoms with Crippen LogP contribution < -0.4 is 5.32 Å². The highest BCUT2D eigenvalue weighted by Crippen LogP contribution is 2.34. The van der Waals surface area contributed by atoms with Gasteiger partial charge in [0.15, 0.2) is 0 Å². The van der Waals surface area contributed by atoms with Crippen molar-refractivity contribution in [1.29, 1.82) is 0 Å². The fourth-order valence-electron chi connectivity index (χ4n) is 3.21. The van der Waals surface area contributed by atoms with Gasteiger partial charge in [0.05, 0.1) is 12.3 Å². The van der Waals surface area contributed by atoms with Crippen LogP contribution in [0.25, 0.3) is 10.2 Å². The summed E-state index contributed by atoms with van der Waals surface area (Å²) in [5, 5.41) is 4.86. The number of piperazine rings is 1. The second-order valence-corrected chi connectivity index (χ2v) is 9.48. The van der Waals surface area contributed by atoms with Crippen LogP contribution in [-0.4, -0.2) is 76.1 Å². The number of carbonyl (C=O) groups excluding carboxylic acids is 2. The predicted octanol–water partition coefficient (Wildman–Crippen LogP) is 2.07. The molecule has 0 aliphatic carbocycles. The zero-order chi connectivity index (χ0) is 20.3. The Hall–Kier alpha value is -1.71. The number of fused-ring (bicyclic) bond motifs is 1. The minimum atomic E-state index is 0.0412. The zero-order valence-electron chi connectivity index (χ0n) is 16.8. The summed E-state index contributed by atoms with van der Waals surface area (Å²) >= 11 is 3.15. The van der Waals surface area contributed by atoms with Crippen molar-refractivity contribution in [2.45, 2.75) is 38.8 Å². The van der Waals surface area contributed by atoms with Crippen LogP contribution in [-0.2, 0) is 9.59 Å². The van der Waals surface area contributed by atoms with Crippen molar-refractivity contribution in [2.24, 2.45) is 0 Å². The summed E-state index contributed by atoms with van der Waals surface area (Å²) in [6.45, 7) is 11.2. The Morgan fingerprint density at radius 3 is 2.61 bits per heavy atom. The molecule has 1 aliphatic rings. The number of thiophene rings is 1. The first-order valence-electron chi connectivity index (χ1n) is 9.48. The number of hydrogen-bond acceptors (Lipinski definition) is 7. The summed E-state index contributed by atoms with van der Waals surface area (Å²) in [5.74, 6) is 0.529. The average molecular weight is 422 g/mol. The molecule has 152 valence electrons. The minimum absolute atomic E-state index is 0.0412. The Bertz CT molecular complexity index is 859. The lowest BCUT2D eigenvalue weighted by molar-refractivity contribution is -0.130. The van der Waals surface area contributed by atoms with Crippen LogP contribution in [0.1, 0.15) is 24.3 Å². The number of amides is 2. The maximum absolute atomic E-state index is 12.6. The molecule has 1 fully saturated rings. The van der Waals surface area contributed by atoms with Crippen LogP contribution in [0.15, 0.2) is 11.4 Å². The maximum Gasteiger partial charge on any atom is 0.234 e. The predicted molar refractivity (Wildman–Crippen MR) is 114 cm³/mol. The molecule has 0 unspecified atom stereocenters. The van der Waals surface area contributed by atoms with Gasteiger partial charge < -0.3 is 10.2 Å². The van der Waals surface area contributed by atoms with Gasteiger partial charge in [0.1, 0.15) is 16.2 Å². The van der Waals surface area contributed by atoms with Gasteiger partial charge in [-0.05, 0) is 33.3 Å². The Morgan fingerprint density at radius 1 is 1.21 bits per heavy atom. The van der Waals surface area contributed by atoms with Crippen molar-refractivity contribution >= 4 is 45.1 Å². The van der Waals surface area contributed by atoms with Gasteiger partial charge in [-0.2, -0.15) is 0 Å². The van der Waals surface area contributed by atoms with Crippen LogP contribution in [0.2, 0.25) is 0 Å². The van der Waals surface area contributed by atoms with Gasteiger partial charge in [0, 0.05) is 42.5 Å². The van der Waals surface area contributed by atoms with E-state index in [1.165, 1.54) is 22.2 Å². The lowest BCUT2D eigenvalue weighted by Crippen LogP contribution is -2.52. The van der Waals surface area contributed by atoms with Crippen molar-refractivity contribution in [3.8, 4) is 0 Å². The molecule has 1 aliphatic heterocycles. The summed E-state index contributed by atoms with van der Waals surface area (Å²) in [6.07, 6.45) is 1.57. The molecule has 0 bridgehead atoms. The lowest BCUT2D eigenvalue weighted by Gasteiger charge is -2.34. The van der Waals surface area contributed by atoms with Gasteiger partial charge >= 0.3 is 0 Å². The third-order valence-electron chi connectivity index (χ3n) is 4.80. The molecule has 7 nitrogen and oxygen atoms in total. The molecule has 3 rings (SSSR count). The van der Waals surface area contributed by atoms with E-state index in [2.05, 4.69) is 34.0 Å². The van der Waals surface area contributed by atoms with E-state index in [0.717, 1.165) is 28.3 Å². The van der Waals surface area contributed by atoms with Crippen molar-refractivity contribution in [3.05, 3.63) is 16.8 Å². The number of aryl methyl sites for hydroxylation is 2. The molecule has 9 heteroatoms. The molecule has 1 N–H and O–H groups in total. The van der Waals surface area contributed by atoms with Crippen LogP contribution in [0.4, 0.5) is 0 Å². The summed E-state index contributed by atoms with van der Waals surface area (Å²) in [7, 11) is 0. The second kappa shape index (κ2) is 9.19. The highest BCUT2D eigenvalue weighted by molar-refractivity contribution is 8.00. The normalized spacial score (nSPS) is 15.4. The number of carbonyl (C=O) groups is 2. The summed E-state index contributed by atoms with van der Waals surface area (Å²) in [6, 6.07) is 0.149. The number of thioether (sulfide) groups is 1. The van der Waals surface area contributed by atoms with Crippen molar-refractivity contribution in [2.75, 3.05) is 38.5 Å². The summed E-state index contributed by atoms with van der Waals surface area (Å²) in [5.41, 5.74) is 1.20. The first kappa shape index (κ1) is 21.0. The smallest absolute Gasteiger partial charge is 0.234 e. The van der Waals surface area contributed by atoms with E-state index in [4.69, 9.17) is 0 Å². The topological polar surface area (TPSA) is 78.4 Å². The molecule has 2 aromatic rings. The molecule has 1 saturated heterocycles. The number of hydrogen-bond donors (Lipinski definition) is 1. The third kappa shape index (κ3) is 5.01. The van der Waals surface area contributed by atoms with Crippen molar-refractivity contribution in [3.63, 3.8) is 0 Å². The van der Waals surface area contributed by atoms with E-state index in [1.807, 2.05) is 18.7 Å². The maximum atomic E-state index is 12.6. The van der Waals surface area contributed by atoms with Gasteiger partial charge in [0.2, 0.25) is 11.8 Å². The quantitative estimate of drug-likeness (QED) is 0.568. The number of nitrogens with one attached hydrogen (secondary N) is 1. The minimum Gasteiger partial charge on any atom is -0.353 e. The monoisotopic (exact) mass is 421 g/mol. The van der Waals surface area contributed by atoms with Crippen LogP contribution >= 0.6 is 23.1 Å². The lowest BCUT2D eigenvalue weighted by atomic mass is 10.2. The number of nitrogens with zero attached hydrogens (tertiary/aromatic N) is 4. The highest BCUT2D eigenvalue weighted by atomic mass is 32.2. The van der Waals surface area contributed by atoms with E-state index in [0.29, 0.717) is 25.4 Å². The standard InChI is InChI=1S/C19H27N5O2S2/c1-12(2)22-15(25)9-23-5-7-24(8-6-23)16(26)10-27-18-17-13(3)14(4)28-19(17)21-11-20-18/h11-12H,5-10H2,1-4H3,(H,22,25). The molecule has 0 spiro atoms. The zero-order valence-corrected chi connectivity index (χ0v) is 18.5. The van der Waals surface area contributed by atoms with Crippen LogP contribution in [0.5, 0.6) is 0 Å². The molecule has 2 aromatic heterocycles. The molecular weight excluding hydrogens is 394 g/mol. The molecule has 0 atom stereocenters. The number of rotatable bonds is 6. The van der Waals surface area contributed by atoms with E-state index >= 15 is 0 Å². The summed E-state index contributed by atoms with van der Waals surface area (Å²) < 4.78 is 0. The molecule has 3 heterocycles. The second-order valence-electron chi connectivity index (χ2n) is 7.31. The Labute approximate surface area is 173 Å². The highest BCUT2D eigenvalue weighted by Gasteiger charge is 2.23. The van der Waals surface area contributed by atoms with Crippen LogP contribution in [0, 0.1) is 13.8 Å². The van der Waals surface area contributed by atoms with Gasteiger partial charge in [-0.25, -0.2) is 9.97 Å². The van der Waals surface area contributed by atoms with Gasteiger partial charge in [-0.15, -0.1) is 11.3 Å². The molecular formula is C19H27N5O2S2. The van der Waals surface area contributed by atoms with Gasteiger partial charge in [-0.3, -0.25) is 14.5 Å². The fraction of sp³-hybridized carbons (Fsp3) is 0.579. The fourth-order valence-corrected chi connectivity index (χ4v) is 5.23. The van der Waals surface area contributed by atoms with Crippen molar-refractivity contribution in [1.82, 2.24) is 25.1 Å².